The van der Waals surface area contributed by atoms with E-state index in [4.69, 9.17) is 18.9 Å². The Kier molecular flexibility index (Phi) is 6.20. The summed E-state index contributed by atoms with van der Waals surface area (Å²) in [6.07, 6.45) is 0. The molecule has 0 atom stereocenters. The lowest BCUT2D eigenvalue weighted by Crippen LogP contribution is -2.20. The van der Waals surface area contributed by atoms with Gasteiger partial charge in [0.2, 0.25) is 0 Å². The number of methoxy groups -OCH3 is 3. The van der Waals surface area contributed by atoms with E-state index in [1.165, 1.54) is 39.5 Å². The molecule has 0 saturated carbocycles. The van der Waals surface area contributed by atoms with Crippen molar-refractivity contribution in [2.45, 2.75) is 0 Å². The normalized spacial score (nSPS) is 9.96. The van der Waals surface area contributed by atoms with E-state index in [0.29, 0.717) is 22.9 Å². The number of anilines is 1. The molecule has 2 rings (SSSR count). The number of rotatable bonds is 8. The lowest BCUT2D eigenvalue weighted by molar-refractivity contribution is -0.385. The monoisotopic (exact) mass is 362 g/mol. The van der Waals surface area contributed by atoms with Gasteiger partial charge in [0.05, 0.1) is 38.0 Å². The maximum absolute atomic E-state index is 12.1. The van der Waals surface area contributed by atoms with Crippen molar-refractivity contribution < 1.29 is 28.7 Å². The van der Waals surface area contributed by atoms with E-state index in [-0.39, 0.29) is 11.4 Å². The number of nitro benzene ring substituents is 1. The third kappa shape index (κ3) is 4.53. The topological polar surface area (TPSA) is 109 Å². The smallest absolute Gasteiger partial charge is 0.314 e. The molecule has 0 fully saturated rings. The third-order valence-electron chi connectivity index (χ3n) is 3.40. The molecule has 9 nitrogen and oxygen atoms in total. The number of hydrogen-bond donors (Lipinski definition) is 1. The van der Waals surface area contributed by atoms with E-state index in [9.17, 15) is 14.9 Å². The number of hydrogen-bond acceptors (Lipinski definition) is 7. The van der Waals surface area contributed by atoms with Crippen molar-refractivity contribution in [1.29, 1.82) is 0 Å². The van der Waals surface area contributed by atoms with Crippen LogP contribution in [0.5, 0.6) is 23.0 Å². The quantitative estimate of drug-likeness (QED) is 0.568. The number of amides is 1. The number of nitrogens with one attached hydrogen (secondary N) is 1. The fourth-order valence-corrected chi connectivity index (χ4v) is 2.12. The highest BCUT2D eigenvalue weighted by molar-refractivity contribution is 5.93. The van der Waals surface area contributed by atoms with E-state index in [2.05, 4.69) is 5.32 Å². The minimum absolute atomic E-state index is 0.0346. The first-order chi connectivity index (χ1) is 12.5. The van der Waals surface area contributed by atoms with Crippen LogP contribution in [-0.4, -0.2) is 38.8 Å². The summed E-state index contributed by atoms with van der Waals surface area (Å²) in [5, 5.41) is 13.7. The summed E-state index contributed by atoms with van der Waals surface area (Å²) in [5.74, 6) is 0.765. The summed E-state index contributed by atoms with van der Waals surface area (Å²) in [7, 11) is 4.37. The average Bonchev–Trinajstić information content (AvgIpc) is 2.66. The lowest BCUT2D eigenvalue weighted by atomic mass is 10.2. The Morgan fingerprint density at radius 2 is 1.65 bits per heavy atom. The third-order valence-corrected chi connectivity index (χ3v) is 3.40. The maximum Gasteiger partial charge on any atom is 0.314 e. The Morgan fingerprint density at radius 3 is 2.27 bits per heavy atom. The molecule has 1 N–H and O–H groups in total. The first-order valence-electron chi connectivity index (χ1n) is 7.45. The zero-order chi connectivity index (χ0) is 19.1. The molecule has 1 amide bonds. The molecule has 2 aromatic carbocycles. The van der Waals surface area contributed by atoms with Gasteiger partial charge in [-0.25, -0.2) is 0 Å². The molecule has 0 bridgehead atoms. The van der Waals surface area contributed by atoms with Crippen LogP contribution in [0.3, 0.4) is 0 Å². The van der Waals surface area contributed by atoms with Crippen LogP contribution in [0.1, 0.15) is 0 Å². The van der Waals surface area contributed by atoms with Crippen molar-refractivity contribution in [1.82, 2.24) is 0 Å². The van der Waals surface area contributed by atoms with Crippen LogP contribution < -0.4 is 24.3 Å². The molecule has 0 radical (unpaired) electrons. The molecular weight excluding hydrogens is 344 g/mol. The van der Waals surface area contributed by atoms with E-state index >= 15 is 0 Å². The molecule has 26 heavy (non-hydrogen) atoms. The van der Waals surface area contributed by atoms with Crippen LogP contribution in [0.25, 0.3) is 0 Å². The number of carbonyl (C=O) groups is 1. The molecule has 2 aromatic rings. The van der Waals surface area contributed by atoms with Crippen molar-refractivity contribution in [2.24, 2.45) is 0 Å². The highest BCUT2D eigenvalue weighted by atomic mass is 16.6. The van der Waals surface area contributed by atoms with Crippen LogP contribution in [0.15, 0.2) is 36.4 Å². The Hall–Kier alpha value is -3.49. The Labute approximate surface area is 149 Å². The zero-order valence-electron chi connectivity index (χ0n) is 14.5. The van der Waals surface area contributed by atoms with Gasteiger partial charge in [0, 0.05) is 6.07 Å². The Bertz CT molecular complexity index is 808. The first-order valence-corrected chi connectivity index (χ1v) is 7.45. The van der Waals surface area contributed by atoms with Crippen LogP contribution in [0.4, 0.5) is 11.4 Å². The fourth-order valence-electron chi connectivity index (χ4n) is 2.12. The number of nitro groups is 1. The summed E-state index contributed by atoms with van der Waals surface area (Å²) < 4.78 is 20.5. The summed E-state index contributed by atoms with van der Waals surface area (Å²) in [6.45, 7) is -0.414. The van der Waals surface area contributed by atoms with Gasteiger partial charge in [-0.05, 0) is 24.3 Å². The van der Waals surface area contributed by atoms with Crippen molar-refractivity contribution in [3.05, 3.63) is 46.5 Å². The molecule has 0 aliphatic heterocycles. The second-order valence-corrected chi connectivity index (χ2v) is 4.99. The lowest BCUT2D eigenvalue weighted by Gasteiger charge is -2.12. The Morgan fingerprint density at radius 1 is 1.00 bits per heavy atom. The summed E-state index contributed by atoms with van der Waals surface area (Å²) in [5.41, 5.74) is 0.130. The van der Waals surface area contributed by atoms with Crippen molar-refractivity contribution >= 4 is 17.3 Å². The largest absolute Gasteiger partial charge is 0.497 e. The molecule has 138 valence electrons. The number of nitrogens with zero attached hydrogens (tertiary/aromatic N) is 1. The van der Waals surface area contributed by atoms with Gasteiger partial charge in [-0.3, -0.25) is 14.9 Å². The number of ether oxygens (including phenoxy) is 4. The minimum atomic E-state index is -0.609. The van der Waals surface area contributed by atoms with Crippen LogP contribution in [0, 0.1) is 10.1 Å². The van der Waals surface area contributed by atoms with Crippen LogP contribution in [-0.2, 0) is 4.79 Å². The highest BCUT2D eigenvalue weighted by Crippen LogP contribution is 2.31. The molecule has 0 heterocycles. The van der Waals surface area contributed by atoms with Gasteiger partial charge in [-0.15, -0.1) is 0 Å². The average molecular weight is 362 g/mol. The SMILES string of the molecule is COc1ccc(NC(=O)COc2ccc(OC)cc2[N+](=O)[O-])c(OC)c1. The second-order valence-electron chi connectivity index (χ2n) is 4.99. The standard InChI is InChI=1S/C17H18N2O7/c1-23-11-5-7-15(14(8-11)19(21)22)26-10-17(20)18-13-6-4-12(24-2)9-16(13)25-3/h4-9H,10H2,1-3H3,(H,18,20). The van der Waals surface area contributed by atoms with Crippen molar-refractivity contribution in [2.75, 3.05) is 33.3 Å². The molecule has 9 heteroatoms. The second kappa shape index (κ2) is 8.56. The van der Waals surface area contributed by atoms with Crippen LogP contribution >= 0.6 is 0 Å². The minimum Gasteiger partial charge on any atom is -0.497 e. The molecule has 0 aliphatic carbocycles. The predicted octanol–water partition coefficient (Wildman–Crippen LogP) is 2.64. The van der Waals surface area contributed by atoms with E-state index in [0.717, 1.165) is 0 Å². The molecular formula is C17H18N2O7. The highest BCUT2D eigenvalue weighted by Gasteiger charge is 2.18. The fraction of sp³-hybridized carbons (Fsp3) is 0.235. The molecule has 0 unspecified atom stereocenters. The van der Waals surface area contributed by atoms with Gasteiger partial charge < -0.3 is 24.3 Å². The first kappa shape index (κ1) is 18.8. The van der Waals surface area contributed by atoms with Gasteiger partial charge in [0.25, 0.3) is 5.91 Å². The van der Waals surface area contributed by atoms with Gasteiger partial charge in [-0.2, -0.15) is 0 Å². The van der Waals surface area contributed by atoms with E-state index in [1.54, 1.807) is 18.2 Å². The van der Waals surface area contributed by atoms with Gasteiger partial charge in [0.1, 0.15) is 17.2 Å². The number of carbonyl (C=O) groups excluding carboxylic acids is 1. The molecule has 0 aromatic heterocycles. The zero-order valence-corrected chi connectivity index (χ0v) is 14.5. The Balaban J connectivity index is 2.07. The maximum atomic E-state index is 12.1. The van der Waals surface area contributed by atoms with Gasteiger partial charge in [-0.1, -0.05) is 0 Å². The van der Waals surface area contributed by atoms with Gasteiger partial charge >= 0.3 is 5.69 Å². The van der Waals surface area contributed by atoms with Crippen molar-refractivity contribution in [3.8, 4) is 23.0 Å². The predicted molar refractivity (Wildman–Crippen MR) is 93.3 cm³/mol. The molecule has 0 aliphatic rings. The molecule has 0 spiro atoms. The van der Waals surface area contributed by atoms with Gasteiger partial charge in [0.15, 0.2) is 12.4 Å². The summed E-state index contributed by atoms with van der Waals surface area (Å²) in [4.78, 5) is 22.6. The molecule has 0 saturated heterocycles. The van der Waals surface area contributed by atoms with E-state index in [1.807, 2.05) is 0 Å². The summed E-state index contributed by atoms with van der Waals surface area (Å²) >= 11 is 0. The van der Waals surface area contributed by atoms with Crippen LogP contribution in [0.2, 0.25) is 0 Å². The number of benzene rings is 2. The van der Waals surface area contributed by atoms with E-state index < -0.39 is 17.4 Å². The van der Waals surface area contributed by atoms with Crippen molar-refractivity contribution in [3.63, 3.8) is 0 Å². The summed E-state index contributed by atoms with van der Waals surface area (Å²) in [6, 6.07) is 8.99.